The first kappa shape index (κ1) is 10.5. The monoisotopic (exact) mass is 214 g/mol. The Morgan fingerprint density at radius 2 is 2.19 bits per heavy atom. The highest BCUT2D eigenvalue weighted by Gasteiger charge is 2.01. The zero-order valence-corrected chi connectivity index (χ0v) is 9.44. The van der Waals surface area contributed by atoms with E-state index in [2.05, 4.69) is 20.3 Å². The topological polar surface area (TPSA) is 50.7 Å². The number of aryl methyl sites for hydroxylation is 1. The van der Waals surface area contributed by atoms with E-state index in [0.29, 0.717) is 0 Å². The molecule has 0 spiro atoms. The number of anilines is 1. The molecule has 4 nitrogen and oxygen atoms in total. The van der Waals surface area contributed by atoms with E-state index in [0.717, 1.165) is 29.3 Å². The normalized spacial score (nSPS) is 10.1. The molecule has 1 N–H and O–H groups in total. The summed E-state index contributed by atoms with van der Waals surface area (Å²) >= 11 is 0. The maximum Gasteiger partial charge on any atom is 0.145 e. The van der Waals surface area contributed by atoms with E-state index >= 15 is 0 Å². The predicted octanol–water partition coefficient (Wildman–Crippen LogP) is 2.28. The molecule has 0 aromatic carbocycles. The van der Waals surface area contributed by atoms with Crippen LogP contribution in [0.1, 0.15) is 12.6 Å². The van der Waals surface area contributed by atoms with E-state index in [1.807, 2.05) is 26.0 Å². The largest absolute Gasteiger partial charge is 0.369 e. The van der Waals surface area contributed by atoms with E-state index in [4.69, 9.17) is 0 Å². The molecule has 4 heteroatoms. The van der Waals surface area contributed by atoms with Gasteiger partial charge in [0.25, 0.3) is 0 Å². The molecule has 16 heavy (non-hydrogen) atoms. The summed E-state index contributed by atoms with van der Waals surface area (Å²) in [6.07, 6.45) is 5.27. The summed E-state index contributed by atoms with van der Waals surface area (Å²) in [4.78, 5) is 12.8. The quantitative estimate of drug-likeness (QED) is 0.851. The number of nitrogens with zero attached hydrogens (tertiary/aromatic N) is 3. The minimum atomic E-state index is 0.800. The van der Waals surface area contributed by atoms with Gasteiger partial charge < -0.3 is 5.32 Å². The van der Waals surface area contributed by atoms with Crippen molar-refractivity contribution in [3.05, 3.63) is 36.4 Å². The van der Waals surface area contributed by atoms with Crippen molar-refractivity contribution in [2.24, 2.45) is 0 Å². The molecule has 0 atom stereocenters. The van der Waals surface area contributed by atoms with E-state index in [-0.39, 0.29) is 0 Å². The molecule has 0 radical (unpaired) electrons. The van der Waals surface area contributed by atoms with Crippen LogP contribution in [0.25, 0.3) is 11.3 Å². The Morgan fingerprint density at radius 3 is 2.94 bits per heavy atom. The molecule has 82 valence electrons. The molecule has 2 aromatic rings. The van der Waals surface area contributed by atoms with Gasteiger partial charge in [-0.15, -0.1) is 0 Å². The second-order valence-electron chi connectivity index (χ2n) is 3.51. The van der Waals surface area contributed by atoms with Crippen LogP contribution in [-0.4, -0.2) is 21.5 Å². The van der Waals surface area contributed by atoms with Crippen LogP contribution in [0, 0.1) is 6.92 Å². The number of rotatable bonds is 3. The maximum absolute atomic E-state index is 4.47. The Morgan fingerprint density at radius 1 is 1.31 bits per heavy atom. The Balaban J connectivity index is 2.36. The lowest BCUT2D eigenvalue weighted by molar-refractivity contribution is 1.12. The minimum absolute atomic E-state index is 0.800. The van der Waals surface area contributed by atoms with Crippen molar-refractivity contribution in [2.45, 2.75) is 13.8 Å². The lowest BCUT2D eigenvalue weighted by Crippen LogP contribution is -2.00. The van der Waals surface area contributed by atoms with Gasteiger partial charge in [-0.25, -0.2) is 4.98 Å². The summed E-state index contributed by atoms with van der Waals surface area (Å²) in [6.45, 7) is 4.84. The molecule has 2 heterocycles. The van der Waals surface area contributed by atoms with Crippen molar-refractivity contribution < 1.29 is 0 Å². The fourth-order valence-electron chi connectivity index (χ4n) is 1.48. The van der Waals surface area contributed by atoms with Crippen molar-refractivity contribution in [3.63, 3.8) is 0 Å². The van der Waals surface area contributed by atoms with E-state index in [1.165, 1.54) is 0 Å². The molecule has 0 amide bonds. The van der Waals surface area contributed by atoms with Crippen LogP contribution in [-0.2, 0) is 0 Å². The zero-order chi connectivity index (χ0) is 11.4. The second-order valence-corrected chi connectivity index (χ2v) is 3.51. The fourth-order valence-corrected chi connectivity index (χ4v) is 1.48. The van der Waals surface area contributed by atoms with Crippen LogP contribution < -0.4 is 5.32 Å². The number of pyridine rings is 1. The van der Waals surface area contributed by atoms with Crippen molar-refractivity contribution >= 4 is 5.82 Å². The van der Waals surface area contributed by atoms with Gasteiger partial charge >= 0.3 is 0 Å². The Kier molecular flexibility index (Phi) is 3.10. The van der Waals surface area contributed by atoms with Gasteiger partial charge in [-0.3, -0.25) is 9.97 Å². The zero-order valence-electron chi connectivity index (χ0n) is 9.44. The molecule has 0 bridgehead atoms. The van der Waals surface area contributed by atoms with Gasteiger partial charge in [-0.2, -0.15) is 0 Å². The molecule has 0 aliphatic carbocycles. The Labute approximate surface area is 94.8 Å². The summed E-state index contributed by atoms with van der Waals surface area (Å²) < 4.78 is 0. The van der Waals surface area contributed by atoms with E-state index in [1.54, 1.807) is 18.6 Å². The van der Waals surface area contributed by atoms with Crippen LogP contribution in [0.2, 0.25) is 0 Å². The lowest BCUT2D eigenvalue weighted by Gasteiger charge is -2.05. The van der Waals surface area contributed by atoms with Gasteiger partial charge in [-0.05, 0) is 26.0 Å². The first-order chi connectivity index (χ1) is 7.79. The van der Waals surface area contributed by atoms with Gasteiger partial charge in [0, 0.05) is 24.0 Å². The van der Waals surface area contributed by atoms with Crippen LogP contribution in [0.3, 0.4) is 0 Å². The van der Waals surface area contributed by atoms with E-state index in [9.17, 15) is 0 Å². The second kappa shape index (κ2) is 4.70. The molecule has 0 unspecified atom stereocenters. The summed E-state index contributed by atoms with van der Waals surface area (Å²) in [7, 11) is 0. The minimum Gasteiger partial charge on any atom is -0.369 e. The van der Waals surface area contributed by atoms with Gasteiger partial charge in [0.1, 0.15) is 5.82 Å². The smallest absolute Gasteiger partial charge is 0.145 e. The molecule has 0 aliphatic heterocycles. The first-order valence-corrected chi connectivity index (χ1v) is 5.28. The highest BCUT2D eigenvalue weighted by Crippen LogP contribution is 2.17. The molecule has 0 saturated carbocycles. The van der Waals surface area contributed by atoms with Gasteiger partial charge in [0.15, 0.2) is 0 Å². The fraction of sp³-hybridized carbons (Fsp3) is 0.250. The van der Waals surface area contributed by atoms with Crippen LogP contribution in [0.5, 0.6) is 0 Å². The van der Waals surface area contributed by atoms with E-state index < -0.39 is 0 Å². The third-order valence-corrected chi connectivity index (χ3v) is 2.18. The standard InChI is InChI=1S/C12H14N4/c1-3-14-12-8-13-7-11(16-12)10-4-5-15-9(2)6-10/h4-8H,3H2,1-2H3,(H,14,16). The Hall–Kier alpha value is -1.97. The predicted molar refractivity (Wildman–Crippen MR) is 64.2 cm³/mol. The molecule has 2 aromatic heterocycles. The SMILES string of the molecule is CCNc1cncc(-c2ccnc(C)c2)n1. The lowest BCUT2D eigenvalue weighted by atomic mass is 10.2. The third-order valence-electron chi connectivity index (χ3n) is 2.18. The van der Waals surface area contributed by atoms with Gasteiger partial charge in [0.2, 0.25) is 0 Å². The van der Waals surface area contributed by atoms with Gasteiger partial charge in [0.05, 0.1) is 18.1 Å². The molecule has 0 saturated heterocycles. The third kappa shape index (κ3) is 2.34. The summed E-state index contributed by atoms with van der Waals surface area (Å²) in [6, 6.07) is 3.94. The van der Waals surface area contributed by atoms with Crippen molar-refractivity contribution in [3.8, 4) is 11.3 Å². The number of hydrogen-bond acceptors (Lipinski definition) is 4. The van der Waals surface area contributed by atoms with Crippen LogP contribution in [0.15, 0.2) is 30.7 Å². The van der Waals surface area contributed by atoms with Crippen molar-refractivity contribution in [2.75, 3.05) is 11.9 Å². The maximum atomic E-state index is 4.47. The highest BCUT2D eigenvalue weighted by molar-refractivity contribution is 5.59. The van der Waals surface area contributed by atoms with Crippen LogP contribution in [0.4, 0.5) is 5.82 Å². The number of aromatic nitrogens is 3. The van der Waals surface area contributed by atoms with Crippen molar-refractivity contribution in [1.29, 1.82) is 0 Å². The molecule has 0 fully saturated rings. The average molecular weight is 214 g/mol. The number of hydrogen-bond donors (Lipinski definition) is 1. The Bertz CT molecular complexity index is 482. The van der Waals surface area contributed by atoms with Crippen LogP contribution >= 0.6 is 0 Å². The first-order valence-electron chi connectivity index (χ1n) is 5.28. The summed E-state index contributed by atoms with van der Waals surface area (Å²) in [5, 5.41) is 3.14. The molecular weight excluding hydrogens is 200 g/mol. The van der Waals surface area contributed by atoms with Crippen molar-refractivity contribution in [1.82, 2.24) is 15.0 Å². The number of nitrogens with one attached hydrogen (secondary N) is 1. The molecule has 2 rings (SSSR count). The molecule has 0 aliphatic rings. The summed E-state index contributed by atoms with van der Waals surface area (Å²) in [5.74, 6) is 0.800. The highest BCUT2D eigenvalue weighted by atomic mass is 15.0. The molecular formula is C12H14N4. The van der Waals surface area contributed by atoms with Gasteiger partial charge in [-0.1, -0.05) is 0 Å². The average Bonchev–Trinajstić information content (AvgIpc) is 2.30. The summed E-state index contributed by atoms with van der Waals surface area (Å²) in [5.41, 5.74) is 2.89.